The number of carbonyl (C=O) groups is 1. The van der Waals surface area contributed by atoms with E-state index >= 15 is 0 Å². The van der Waals surface area contributed by atoms with Gasteiger partial charge in [0.25, 0.3) is 0 Å². The molecule has 5 rings (SSSR count). The Hall–Kier alpha value is -3.10. The Bertz CT molecular complexity index is 1270. The number of benzene rings is 1. The van der Waals surface area contributed by atoms with Gasteiger partial charge in [0.2, 0.25) is 5.95 Å². The first-order valence-corrected chi connectivity index (χ1v) is 12.8. The Morgan fingerprint density at radius 2 is 1.81 bits per heavy atom. The minimum Gasteiger partial charge on any atom is -0.368 e. The molecule has 1 aromatic carbocycles. The highest BCUT2D eigenvalue weighted by Gasteiger charge is 2.39. The third-order valence-electron chi connectivity index (χ3n) is 7.81. The van der Waals surface area contributed by atoms with Gasteiger partial charge in [0, 0.05) is 37.8 Å². The van der Waals surface area contributed by atoms with E-state index < -0.39 is 0 Å². The number of anilines is 1. The van der Waals surface area contributed by atoms with Crippen LogP contribution in [0.3, 0.4) is 0 Å². The normalized spacial score (nSPS) is 17.7. The number of ketones is 1. The average Bonchev–Trinajstić information content (AvgIpc) is 3.20. The molecule has 8 heteroatoms. The highest BCUT2D eigenvalue weighted by Crippen LogP contribution is 2.43. The van der Waals surface area contributed by atoms with E-state index in [1.165, 1.54) is 18.4 Å². The number of hydrogen-bond donors (Lipinski definition) is 1. The summed E-state index contributed by atoms with van der Waals surface area (Å²) in [5.74, 6) is 0.263. The molecule has 0 unspecified atom stereocenters. The summed E-state index contributed by atoms with van der Waals surface area (Å²) >= 11 is 0. The van der Waals surface area contributed by atoms with Gasteiger partial charge in [0.1, 0.15) is 5.69 Å². The second kappa shape index (κ2) is 9.41. The van der Waals surface area contributed by atoms with Gasteiger partial charge in [-0.2, -0.15) is 5.10 Å². The molecule has 2 N–H and O–H groups in total. The average molecular weight is 488 g/mol. The van der Waals surface area contributed by atoms with Crippen molar-refractivity contribution in [3.63, 3.8) is 0 Å². The predicted molar refractivity (Wildman–Crippen MR) is 142 cm³/mol. The zero-order chi connectivity index (χ0) is 25.6. The molecule has 0 atom stereocenters. The summed E-state index contributed by atoms with van der Waals surface area (Å²) in [5, 5.41) is 4.68. The number of rotatable bonds is 6. The van der Waals surface area contributed by atoms with Gasteiger partial charge in [0.15, 0.2) is 5.78 Å². The molecule has 0 radical (unpaired) electrons. The fourth-order valence-electron chi connectivity index (χ4n) is 5.83. The Morgan fingerprint density at radius 1 is 1.14 bits per heavy atom. The molecule has 0 spiro atoms. The van der Waals surface area contributed by atoms with E-state index in [1.54, 1.807) is 10.9 Å². The molecule has 8 nitrogen and oxygen atoms in total. The van der Waals surface area contributed by atoms with Crippen LogP contribution in [0.5, 0.6) is 0 Å². The van der Waals surface area contributed by atoms with Gasteiger partial charge in [-0.3, -0.25) is 14.4 Å². The van der Waals surface area contributed by atoms with Crippen molar-refractivity contribution >= 4 is 11.7 Å². The number of aromatic nitrogens is 4. The van der Waals surface area contributed by atoms with Crippen molar-refractivity contribution in [2.45, 2.75) is 57.5 Å². The van der Waals surface area contributed by atoms with E-state index in [4.69, 9.17) is 5.73 Å². The van der Waals surface area contributed by atoms with Crippen LogP contribution in [0.25, 0.3) is 11.4 Å². The highest BCUT2D eigenvalue weighted by atomic mass is 16.1. The molecule has 1 saturated heterocycles. The van der Waals surface area contributed by atoms with Crippen molar-refractivity contribution in [1.29, 1.82) is 0 Å². The number of likely N-dealkylation sites (tertiary alicyclic amines) is 1. The molecule has 3 aromatic rings. The van der Waals surface area contributed by atoms with Crippen LogP contribution in [-0.4, -0.2) is 68.6 Å². The fourth-order valence-corrected chi connectivity index (χ4v) is 5.83. The molecule has 36 heavy (non-hydrogen) atoms. The molecule has 0 bridgehead atoms. The first-order chi connectivity index (χ1) is 17.1. The van der Waals surface area contributed by atoms with Crippen molar-refractivity contribution < 1.29 is 4.79 Å². The van der Waals surface area contributed by atoms with E-state index in [-0.39, 0.29) is 17.1 Å². The molecule has 1 fully saturated rings. The van der Waals surface area contributed by atoms with Crippen LogP contribution in [0.4, 0.5) is 5.95 Å². The van der Waals surface area contributed by atoms with Crippen LogP contribution in [0.2, 0.25) is 0 Å². The molecule has 3 heterocycles. The van der Waals surface area contributed by atoms with Gasteiger partial charge in [-0.05, 0) is 68.6 Å². The third-order valence-corrected chi connectivity index (χ3v) is 7.81. The first-order valence-electron chi connectivity index (χ1n) is 12.8. The Morgan fingerprint density at radius 3 is 2.47 bits per heavy atom. The lowest BCUT2D eigenvalue weighted by Gasteiger charge is -2.35. The van der Waals surface area contributed by atoms with Crippen LogP contribution >= 0.6 is 0 Å². The smallest absolute Gasteiger partial charge is 0.220 e. The van der Waals surface area contributed by atoms with E-state index in [0.717, 1.165) is 54.1 Å². The molecule has 1 aliphatic heterocycles. The predicted octanol–water partition coefficient (Wildman–Crippen LogP) is 3.24. The Labute approximate surface area is 213 Å². The van der Waals surface area contributed by atoms with Gasteiger partial charge < -0.3 is 10.6 Å². The first kappa shape index (κ1) is 24.6. The summed E-state index contributed by atoms with van der Waals surface area (Å²) in [6, 6.07) is 9.19. The minimum absolute atomic E-state index is 0.0314. The number of aryl methyl sites for hydroxylation is 1. The van der Waals surface area contributed by atoms with Crippen LogP contribution in [0, 0.1) is 0 Å². The molecule has 0 amide bonds. The fraction of sp³-hybridized carbons (Fsp3) is 0.500. The van der Waals surface area contributed by atoms with Crippen LogP contribution in [0.1, 0.15) is 59.4 Å². The summed E-state index contributed by atoms with van der Waals surface area (Å²) in [5.41, 5.74) is 12.1. The van der Waals surface area contributed by atoms with Crippen molar-refractivity contribution in [2.75, 3.05) is 32.9 Å². The zero-order valence-electron chi connectivity index (χ0n) is 22.1. The van der Waals surface area contributed by atoms with Crippen molar-refractivity contribution in [2.24, 2.45) is 7.05 Å². The molecular formula is C28H37N7O. The molecule has 2 aliphatic rings. The SMILES string of the molecule is CN(C)C1CCN(Cc2ccc(CC(=O)c3nn(C)c4c3C(C)(C)Cc3cnc(N)nc3-4)cc2)CC1. The Balaban J connectivity index is 1.31. The topological polar surface area (TPSA) is 93.2 Å². The summed E-state index contributed by atoms with van der Waals surface area (Å²) in [7, 11) is 6.21. The number of carbonyl (C=O) groups excluding carboxylic acids is 1. The number of hydrogen-bond acceptors (Lipinski definition) is 7. The van der Waals surface area contributed by atoms with Gasteiger partial charge in [-0.15, -0.1) is 0 Å². The van der Waals surface area contributed by atoms with Gasteiger partial charge >= 0.3 is 0 Å². The number of nitrogen functional groups attached to an aromatic ring is 1. The maximum Gasteiger partial charge on any atom is 0.220 e. The summed E-state index contributed by atoms with van der Waals surface area (Å²) < 4.78 is 1.78. The lowest BCUT2D eigenvalue weighted by Crippen LogP contribution is -2.41. The Kier molecular flexibility index (Phi) is 6.43. The molecule has 0 saturated carbocycles. The van der Waals surface area contributed by atoms with E-state index in [1.807, 2.05) is 7.05 Å². The number of Topliss-reactive ketones (excluding diaryl/α,β-unsaturated/α-hetero) is 1. The van der Waals surface area contributed by atoms with Gasteiger partial charge in [-0.25, -0.2) is 9.97 Å². The van der Waals surface area contributed by atoms with Crippen LogP contribution in [-0.2, 0) is 31.8 Å². The van der Waals surface area contributed by atoms with E-state index in [2.05, 4.69) is 77.1 Å². The summed E-state index contributed by atoms with van der Waals surface area (Å²) in [6.45, 7) is 7.52. The van der Waals surface area contributed by atoms with Crippen molar-refractivity contribution in [3.8, 4) is 11.4 Å². The number of nitrogens with two attached hydrogens (primary N) is 1. The quantitative estimate of drug-likeness (QED) is 0.534. The number of fused-ring (bicyclic) bond motifs is 3. The van der Waals surface area contributed by atoms with Gasteiger partial charge in [0.05, 0.1) is 11.4 Å². The second-order valence-corrected chi connectivity index (χ2v) is 11.2. The minimum atomic E-state index is -0.259. The maximum atomic E-state index is 13.5. The standard InChI is InChI=1S/C28H37N7O/c1-28(2)15-20-16-30-27(29)31-24(20)26-23(28)25(32-34(26)5)22(36)14-18-6-8-19(9-7-18)17-35-12-10-21(11-13-35)33(3)4/h6-9,16,21H,10-15,17H2,1-5H3,(H2,29,30,31). The van der Waals surface area contributed by atoms with E-state index in [0.29, 0.717) is 18.2 Å². The molecule has 1 aliphatic carbocycles. The third kappa shape index (κ3) is 4.67. The lowest BCUT2D eigenvalue weighted by molar-refractivity contribution is 0.0985. The molecular weight excluding hydrogens is 450 g/mol. The second-order valence-electron chi connectivity index (χ2n) is 11.2. The van der Waals surface area contributed by atoms with Crippen LogP contribution in [0.15, 0.2) is 30.5 Å². The van der Waals surface area contributed by atoms with Crippen molar-refractivity contribution in [3.05, 3.63) is 58.4 Å². The van der Waals surface area contributed by atoms with E-state index in [9.17, 15) is 4.79 Å². The monoisotopic (exact) mass is 487 g/mol. The lowest BCUT2D eigenvalue weighted by atomic mass is 9.72. The zero-order valence-corrected chi connectivity index (χ0v) is 22.1. The number of nitrogens with zero attached hydrogens (tertiary/aromatic N) is 6. The number of piperidine rings is 1. The molecule has 190 valence electrons. The summed E-state index contributed by atoms with van der Waals surface area (Å²) in [4.78, 5) is 27.0. The summed E-state index contributed by atoms with van der Waals surface area (Å²) in [6.07, 6.45) is 5.29. The van der Waals surface area contributed by atoms with Gasteiger partial charge in [-0.1, -0.05) is 38.1 Å². The maximum absolute atomic E-state index is 13.5. The highest BCUT2D eigenvalue weighted by molar-refractivity contribution is 5.99. The largest absolute Gasteiger partial charge is 0.368 e. The molecule has 2 aromatic heterocycles. The van der Waals surface area contributed by atoms with Crippen LogP contribution < -0.4 is 5.73 Å². The van der Waals surface area contributed by atoms with Crippen molar-refractivity contribution in [1.82, 2.24) is 29.5 Å².